The number of hydrazone groups is 2. The first-order valence-electron chi connectivity index (χ1n) is 9.89. The first-order valence-corrected chi connectivity index (χ1v) is 11.0. The number of nitrogens with one attached hydrogen (secondary N) is 2. The molecule has 0 spiro atoms. The Kier molecular flexibility index (Phi) is 11.8. The molecule has 0 saturated heterocycles. The van der Waals surface area contributed by atoms with E-state index in [4.69, 9.17) is 0 Å². The second-order valence-corrected chi connectivity index (χ2v) is 7.50. The summed E-state index contributed by atoms with van der Waals surface area (Å²) in [6.45, 7) is 0. The molecule has 6 nitrogen and oxygen atoms in total. The Morgan fingerprint density at radius 3 is 1.55 bits per heavy atom. The highest BCUT2D eigenvalue weighted by Gasteiger charge is 2.02. The number of amides is 2. The molecule has 0 heterocycles. The van der Waals surface area contributed by atoms with E-state index in [-0.39, 0.29) is 11.8 Å². The van der Waals surface area contributed by atoms with Gasteiger partial charge in [0.1, 0.15) is 0 Å². The summed E-state index contributed by atoms with van der Waals surface area (Å²) < 4.78 is 0. The highest BCUT2D eigenvalue weighted by atomic mass is 32.2. The summed E-state index contributed by atoms with van der Waals surface area (Å²) >= 11 is 1.54. The number of thioether (sulfide) groups is 1. The predicted octanol–water partition coefficient (Wildman–Crippen LogP) is 4.13. The largest absolute Gasteiger partial charge is 0.273 e. The monoisotopic (exact) mass is 434 g/mol. The summed E-state index contributed by atoms with van der Waals surface area (Å²) in [5.41, 5.74) is 7.09. The molecule has 2 aromatic carbocycles. The van der Waals surface area contributed by atoms with Crippen molar-refractivity contribution in [1.82, 2.24) is 10.9 Å². The Balaban J connectivity index is 1.48. The maximum atomic E-state index is 11.7. The molecule has 2 rings (SSSR count). The van der Waals surface area contributed by atoms with Gasteiger partial charge in [0.15, 0.2) is 0 Å². The van der Waals surface area contributed by atoms with Gasteiger partial charge < -0.3 is 0 Å². The van der Waals surface area contributed by atoms with Crippen molar-refractivity contribution >= 4 is 48.2 Å². The Hall–Kier alpha value is -3.45. The van der Waals surface area contributed by atoms with E-state index in [1.165, 1.54) is 24.2 Å². The van der Waals surface area contributed by atoms with Crippen LogP contribution in [-0.2, 0) is 9.59 Å². The molecule has 160 valence electrons. The van der Waals surface area contributed by atoms with E-state index in [0.29, 0.717) is 24.3 Å². The highest BCUT2D eigenvalue weighted by Crippen LogP contribution is 2.04. The molecule has 2 N–H and O–H groups in total. The summed E-state index contributed by atoms with van der Waals surface area (Å²) in [5, 5.41) is 7.75. The molecule has 0 saturated carbocycles. The smallest absolute Gasteiger partial charge is 0.240 e. The summed E-state index contributed by atoms with van der Waals surface area (Å²) in [6.07, 6.45) is 11.1. The molecule has 0 aliphatic carbocycles. The van der Waals surface area contributed by atoms with Gasteiger partial charge in [-0.05, 0) is 23.3 Å². The van der Waals surface area contributed by atoms with Crippen molar-refractivity contribution in [2.24, 2.45) is 10.2 Å². The van der Waals surface area contributed by atoms with Gasteiger partial charge in [0.05, 0.1) is 0 Å². The summed E-state index contributed by atoms with van der Waals surface area (Å²) in [4.78, 5) is 23.4. The SMILES string of the molecule is O=C(CCSCCC(=O)N/N=C/C=C/c1ccccc1)N/N=C/C=Cc1ccccc1. The van der Waals surface area contributed by atoms with Crippen LogP contribution >= 0.6 is 11.8 Å². The van der Waals surface area contributed by atoms with Crippen LogP contribution in [-0.4, -0.2) is 35.7 Å². The lowest BCUT2D eigenvalue weighted by molar-refractivity contribution is -0.121. The van der Waals surface area contributed by atoms with Crippen LogP contribution in [0.2, 0.25) is 0 Å². The molecule has 0 aliphatic heterocycles. The van der Waals surface area contributed by atoms with Crippen molar-refractivity contribution in [1.29, 1.82) is 0 Å². The predicted molar refractivity (Wildman–Crippen MR) is 131 cm³/mol. The fourth-order valence-corrected chi connectivity index (χ4v) is 3.15. The van der Waals surface area contributed by atoms with E-state index in [0.717, 1.165) is 11.1 Å². The lowest BCUT2D eigenvalue weighted by atomic mass is 10.2. The second kappa shape index (κ2) is 15.4. The van der Waals surface area contributed by atoms with Crippen LogP contribution in [0.3, 0.4) is 0 Å². The average molecular weight is 435 g/mol. The van der Waals surface area contributed by atoms with E-state index in [2.05, 4.69) is 21.1 Å². The van der Waals surface area contributed by atoms with Crippen molar-refractivity contribution in [3.8, 4) is 0 Å². The third kappa shape index (κ3) is 12.0. The number of hydrogen-bond donors (Lipinski definition) is 2. The van der Waals surface area contributed by atoms with Gasteiger partial charge in [-0.15, -0.1) is 0 Å². The molecule has 0 radical (unpaired) electrons. The van der Waals surface area contributed by atoms with Crippen LogP contribution in [0.25, 0.3) is 12.2 Å². The van der Waals surface area contributed by atoms with Gasteiger partial charge in [0.2, 0.25) is 11.8 Å². The molecule has 7 heteroatoms. The lowest BCUT2D eigenvalue weighted by Gasteiger charge is -2.01. The minimum atomic E-state index is -0.156. The number of rotatable bonds is 12. The fourth-order valence-electron chi connectivity index (χ4n) is 2.28. The van der Waals surface area contributed by atoms with E-state index < -0.39 is 0 Å². The lowest BCUT2D eigenvalue weighted by Crippen LogP contribution is -2.19. The summed E-state index contributed by atoms with van der Waals surface area (Å²) in [7, 11) is 0. The minimum Gasteiger partial charge on any atom is -0.273 e. The van der Waals surface area contributed by atoms with Crippen molar-refractivity contribution in [2.45, 2.75) is 12.8 Å². The van der Waals surface area contributed by atoms with Gasteiger partial charge >= 0.3 is 0 Å². The number of carbonyl (C=O) groups excluding carboxylic acids is 2. The number of benzene rings is 2. The van der Waals surface area contributed by atoms with Crippen LogP contribution in [0, 0.1) is 0 Å². The van der Waals surface area contributed by atoms with Crippen molar-refractivity contribution in [3.05, 3.63) is 83.9 Å². The molecule has 0 aromatic heterocycles. The molecule has 2 amide bonds. The van der Waals surface area contributed by atoms with Gasteiger partial charge in [0, 0.05) is 36.8 Å². The Morgan fingerprint density at radius 2 is 1.13 bits per heavy atom. The average Bonchev–Trinajstić information content (AvgIpc) is 2.80. The van der Waals surface area contributed by atoms with Crippen LogP contribution in [0.15, 0.2) is 83.0 Å². The van der Waals surface area contributed by atoms with E-state index in [9.17, 15) is 9.59 Å². The second-order valence-electron chi connectivity index (χ2n) is 6.28. The van der Waals surface area contributed by atoms with Gasteiger partial charge in [-0.3, -0.25) is 9.59 Å². The quantitative estimate of drug-likeness (QED) is 0.299. The van der Waals surface area contributed by atoms with E-state index >= 15 is 0 Å². The van der Waals surface area contributed by atoms with Crippen LogP contribution in [0.5, 0.6) is 0 Å². The van der Waals surface area contributed by atoms with Gasteiger partial charge in [-0.1, -0.05) is 72.8 Å². The van der Waals surface area contributed by atoms with E-state index in [1.807, 2.05) is 72.8 Å². The maximum Gasteiger partial charge on any atom is 0.240 e. The zero-order valence-corrected chi connectivity index (χ0v) is 18.0. The molecule has 0 atom stereocenters. The fraction of sp³-hybridized carbons (Fsp3) is 0.167. The number of allylic oxidation sites excluding steroid dienone is 2. The van der Waals surface area contributed by atoms with Crippen molar-refractivity contribution < 1.29 is 9.59 Å². The normalized spacial score (nSPS) is 11.6. The van der Waals surface area contributed by atoms with Crippen molar-refractivity contribution in [3.63, 3.8) is 0 Å². The highest BCUT2D eigenvalue weighted by molar-refractivity contribution is 7.99. The third-order valence-electron chi connectivity index (χ3n) is 3.82. The first-order chi connectivity index (χ1) is 15.2. The molecule has 31 heavy (non-hydrogen) atoms. The topological polar surface area (TPSA) is 82.9 Å². The Bertz CT molecular complexity index is 834. The summed E-state index contributed by atoms with van der Waals surface area (Å²) in [5.74, 6) is 0.932. The van der Waals surface area contributed by atoms with Crippen molar-refractivity contribution in [2.75, 3.05) is 11.5 Å². The Labute approximate surface area is 187 Å². The zero-order valence-electron chi connectivity index (χ0n) is 17.2. The van der Waals surface area contributed by atoms with Gasteiger partial charge in [0.25, 0.3) is 0 Å². The number of nitrogens with zero attached hydrogens (tertiary/aromatic N) is 2. The van der Waals surface area contributed by atoms with Gasteiger partial charge in [-0.2, -0.15) is 22.0 Å². The molecule has 0 aliphatic rings. The maximum absolute atomic E-state index is 11.7. The van der Waals surface area contributed by atoms with E-state index in [1.54, 1.807) is 12.2 Å². The van der Waals surface area contributed by atoms with Crippen LogP contribution in [0.1, 0.15) is 24.0 Å². The zero-order chi connectivity index (χ0) is 22.0. The Morgan fingerprint density at radius 1 is 0.710 bits per heavy atom. The number of carbonyl (C=O) groups is 2. The standard InChI is InChI=1S/C24H26N4O2S/c29-23(27-25-17-7-13-21-9-3-1-4-10-21)15-19-31-20-16-24(30)28-26-18-8-14-22-11-5-2-6-12-22/h1-14,17-18H,15-16,19-20H2,(H,27,29)(H,28,30)/b13-7+,14-8?,25-17+,26-18+. The molecule has 0 bridgehead atoms. The van der Waals surface area contributed by atoms with Crippen LogP contribution in [0.4, 0.5) is 0 Å². The number of hydrogen-bond acceptors (Lipinski definition) is 5. The van der Waals surface area contributed by atoms with Crippen LogP contribution < -0.4 is 10.9 Å². The first kappa shape index (κ1) is 23.8. The molecular formula is C24H26N4O2S. The summed E-state index contributed by atoms with van der Waals surface area (Å²) in [6, 6.07) is 19.7. The molecule has 2 aromatic rings. The van der Waals surface area contributed by atoms with Gasteiger partial charge in [-0.25, -0.2) is 10.9 Å². The molecule has 0 fully saturated rings. The molecular weight excluding hydrogens is 408 g/mol. The third-order valence-corrected chi connectivity index (χ3v) is 4.81. The molecule has 0 unspecified atom stereocenters. The minimum absolute atomic E-state index is 0.156.